The van der Waals surface area contributed by atoms with Crippen LogP contribution in [0.25, 0.3) is 5.65 Å². The number of hydrogen-bond donors (Lipinski definition) is 1. The van der Waals surface area contributed by atoms with Crippen LogP contribution in [0, 0.1) is 20.8 Å². The number of amides is 1. The van der Waals surface area contributed by atoms with Crippen LogP contribution in [0.2, 0.25) is 0 Å². The van der Waals surface area contributed by atoms with Crippen molar-refractivity contribution in [1.82, 2.24) is 24.3 Å². The van der Waals surface area contributed by atoms with Gasteiger partial charge in [-0.05, 0) is 50.6 Å². The van der Waals surface area contributed by atoms with Crippen LogP contribution in [-0.2, 0) is 4.74 Å². The Kier molecular flexibility index (Phi) is 5.36. The molecule has 32 heavy (non-hydrogen) atoms. The van der Waals surface area contributed by atoms with Gasteiger partial charge in [-0.1, -0.05) is 0 Å². The summed E-state index contributed by atoms with van der Waals surface area (Å²) in [6, 6.07) is 7.91. The van der Waals surface area contributed by atoms with Gasteiger partial charge < -0.3 is 19.4 Å². The van der Waals surface area contributed by atoms with E-state index in [2.05, 4.69) is 20.3 Å². The lowest BCUT2D eigenvalue weighted by Crippen LogP contribution is -2.42. The van der Waals surface area contributed by atoms with Gasteiger partial charge in [0.25, 0.3) is 5.91 Å². The van der Waals surface area contributed by atoms with Crippen molar-refractivity contribution in [3.63, 3.8) is 0 Å². The molecule has 9 heteroatoms. The van der Waals surface area contributed by atoms with Gasteiger partial charge in [0.1, 0.15) is 17.4 Å². The Balaban J connectivity index is 1.35. The van der Waals surface area contributed by atoms with E-state index in [1.165, 1.54) is 0 Å². The Bertz CT molecular complexity index is 1300. The van der Waals surface area contributed by atoms with E-state index in [1.54, 1.807) is 22.4 Å². The lowest BCUT2D eigenvalue weighted by atomic mass is 10.1. The van der Waals surface area contributed by atoms with E-state index < -0.39 is 0 Å². The molecular weight excluding hydrogens is 424 g/mol. The highest BCUT2D eigenvalue weighted by molar-refractivity contribution is 7.15. The molecule has 4 aromatic rings. The minimum Gasteiger partial charge on any atom is -0.368 e. The number of aromatic nitrogens is 4. The maximum atomic E-state index is 13.2. The minimum absolute atomic E-state index is 0.0936. The van der Waals surface area contributed by atoms with Gasteiger partial charge >= 0.3 is 0 Å². The summed E-state index contributed by atoms with van der Waals surface area (Å²) in [5.41, 5.74) is 4.90. The van der Waals surface area contributed by atoms with E-state index >= 15 is 0 Å². The molecule has 1 atom stereocenters. The van der Waals surface area contributed by atoms with Gasteiger partial charge in [-0.3, -0.25) is 9.78 Å². The summed E-state index contributed by atoms with van der Waals surface area (Å²) in [6.07, 6.45) is 5.25. The highest BCUT2D eigenvalue weighted by Gasteiger charge is 2.28. The zero-order chi connectivity index (χ0) is 22.2. The smallest absolute Gasteiger partial charge is 0.274 e. The molecule has 164 valence electrons. The first-order chi connectivity index (χ1) is 15.4. The van der Waals surface area contributed by atoms with Crippen molar-refractivity contribution in [2.75, 3.05) is 25.0 Å². The Labute approximate surface area is 189 Å². The van der Waals surface area contributed by atoms with E-state index in [0.29, 0.717) is 25.4 Å². The number of anilines is 2. The van der Waals surface area contributed by atoms with Crippen LogP contribution < -0.4 is 5.32 Å². The predicted molar refractivity (Wildman–Crippen MR) is 124 cm³/mol. The van der Waals surface area contributed by atoms with E-state index in [1.807, 2.05) is 61.8 Å². The molecule has 4 aromatic heterocycles. The molecule has 0 saturated carbocycles. The molecule has 1 N–H and O–H groups in total. The van der Waals surface area contributed by atoms with Crippen LogP contribution in [0.4, 0.5) is 10.8 Å². The Morgan fingerprint density at radius 1 is 1.22 bits per heavy atom. The number of ether oxygens (including phenoxy) is 1. The monoisotopic (exact) mass is 448 g/mol. The number of nitrogens with one attached hydrogen (secondary N) is 1. The maximum Gasteiger partial charge on any atom is 0.274 e. The van der Waals surface area contributed by atoms with Crippen LogP contribution in [-0.4, -0.2) is 49.9 Å². The molecule has 1 amide bonds. The highest BCUT2D eigenvalue weighted by Crippen LogP contribution is 2.27. The fourth-order valence-corrected chi connectivity index (χ4v) is 4.51. The molecule has 0 bridgehead atoms. The number of carbonyl (C=O) groups is 1. The largest absolute Gasteiger partial charge is 0.368 e. The molecule has 1 fully saturated rings. The summed E-state index contributed by atoms with van der Waals surface area (Å²) >= 11 is 1.60. The number of fused-ring (bicyclic) bond motifs is 1. The zero-order valence-corrected chi connectivity index (χ0v) is 19.0. The van der Waals surface area contributed by atoms with Crippen LogP contribution in [0.15, 0.2) is 42.9 Å². The molecule has 1 aliphatic rings. The molecule has 0 aliphatic carbocycles. The summed E-state index contributed by atoms with van der Waals surface area (Å²) in [5, 5.41) is 4.18. The van der Waals surface area contributed by atoms with Crippen LogP contribution in [0.1, 0.15) is 38.4 Å². The number of nitrogens with zero attached hydrogens (tertiary/aromatic N) is 5. The summed E-state index contributed by atoms with van der Waals surface area (Å²) in [7, 11) is 0. The van der Waals surface area contributed by atoms with Crippen LogP contribution in [0.3, 0.4) is 0 Å². The third-order valence-corrected chi connectivity index (χ3v) is 6.19. The average molecular weight is 449 g/mol. The highest BCUT2D eigenvalue weighted by atomic mass is 32.1. The quantitative estimate of drug-likeness (QED) is 0.507. The Hall–Kier alpha value is -3.30. The van der Waals surface area contributed by atoms with Crippen molar-refractivity contribution in [3.8, 4) is 0 Å². The first kappa shape index (κ1) is 20.6. The second-order valence-electron chi connectivity index (χ2n) is 8.03. The number of carbonyl (C=O) groups excluding carboxylic acids is 1. The SMILES string of the molecule is Cc1ccn2cc(C(=O)N3CCO[C@@H](c4cc(Nc5ncc(C)s5)cc(C)n4)C3)nc2c1. The molecule has 0 aromatic carbocycles. The minimum atomic E-state index is -0.301. The first-order valence-corrected chi connectivity index (χ1v) is 11.3. The molecule has 8 nitrogen and oxygen atoms in total. The summed E-state index contributed by atoms with van der Waals surface area (Å²) in [4.78, 5) is 29.7. The van der Waals surface area contributed by atoms with Crippen molar-refractivity contribution in [1.29, 1.82) is 0 Å². The molecule has 0 radical (unpaired) electrons. The molecular formula is C23H24N6O2S. The van der Waals surface area contributed by atoms with E-state index in [4.69, 9.17) is 4.74 Å². The number of hydrogen-bond acceptors (Lipinski definition) is 7. The molecule has 1 aliphatic heterocycles. The number of rotatable bonds is 4. The zero-order valence-electron chi connectivity index (χ0n) is 18.2. The van der Waals surface area contributed by atoms with Gasteiger partial charge in [0.05, 0.1) is 18.8 Å². The number of imidazole rings is 1. The number of morpholine rings is 1. The normalized spacial score (nSPS) is 16.5. The first-order valence-electron chi connectivity index (χ1n) is 10.5. The average Bonchev–Trinajstić information content (AvgIpc) is 3.38. The van der Waals surface area contributed by atoms with Gasteiger partial charge in [0.15, 0.2) is 5.13 Å². The fraction of sp³-hybridized carbons (Fsp3) is 0.304. The Morgan fingerprint density at radius 3 is 2.91 bits per heavy atom. The number of thiazole rings is 1. The second kappa shape index (κ2) is 8.33. The van der Waals surface area contributed by atoms with Crippen LogP contribution >= 0.6 is 11.3 Å². The standard InChI is InChI=1S/C23H24N6O2S/c1-14-4-5-28-12-19(27-21(28)8-14)22(30)29-6-7-31-20(13-29)18-10-17(9-15(2)25-18)26-23-24-11-16(3)32-23/h4-5,8-12,20H,6-7,13H2,1-3H3,(H,24,25,26)/t20-/m1/s1. The molecule has 5 heterocycles. The van der Waals surface area contributed by atoms with Crippen molar-refractivity contribution in [2.24, 2.45) is 0 Å². The Morgan fingerprint density at radius 2 is 2.09 bits per heavy atom. The van der Waals surface area contributed by atoms with Crippen molar-refractivity contribution in [3.05, 3.63) is 70.4 Å². The van der Waals surface area contributed by atoms with Gasteiger partial charge in [0.2, 0.25) is 0 Å². The summed E-state index contributed by atoms with van der Waals surface area (Å²) in [5.74, 6) is -0.0936. The van der Waals surface area contributed by atoms with Gasteiger partial charge in [0, 0.05) is 41.4 Å². The topological polar surface area (TPSA) is 84.7 Å². The lowest BCUT2D eigenvalue weighted by Gasteiger charge is -2.32. The molecule has 0 spiro atoms. The maximum absolute atomic E-state index is 13.2. The van der Waals surface area contributed by atoms with Crippen molar-refractivity contribution >= 4 is 33.7 Å². The third kappa shape index (κ3) is 4.21. The van der Waals surface area contributed by atoms with E-state index in [0.717, 1.165) is 38.3 Å². The van der Waals surface area contributed by atoms with Crippen molar-refractivity contribution < 1.29 is 9.53 Å². The van der Waals surface area contributed by atoms with Crippen molar-refractivity contribution in [2.45, 2.75) is 26.9 Å². The number of pyridine rings is 2. The number of aryl methyl sites for hydroxylation is 3. The second-order valence-corrected chi connectivity index (χ2v) is 9.26. The van der Waals surface area contributed by atoms with E-state index in [-0.39, 0.29) is 12.0 Å². The lowest BCUT2D eigenvalue weighted by molar-refractivity contribution is -0.0249. The van der Waals surface area contributed by atoms with Crippen LogP contribution in [0.5, 0.6) is 0 Å². The molecule has 0 unspecified atom stereocenters. The van der Waals surface area contributed by atoms with Gasteiger partial charge in [-0.25, -0.2) is 9.97 Å². The summed E-state index contributed by atoms with van der Waals surface area (Å²) < 4.78 is 7.87. The summed E-state index contributed by atoms with van der Waals surface area (Å²) in [6.45, 7) is 7.39. The van der Waals surface area contributed by atoms with E-state index in [9.17, 15) is 4.79 Å². The molecule has 5 rings (SSSR count). The molecule has 1 saturated heterocycles. The fourth-order valence-electron chi connectivity index (χ4n) is 3.83. The predicted octanol–water partition coefficient (Wildman–Crippen LogP) is 4.07. The van der Waals surface area contributed by atoms with Gasteiger partial charge in [-0.2, -0.15) is 0 Å². The third-order valence-electron chi connectivity index (χ3n) is 5.36. The van der Waals surface area contributed by atoms with Gasteiger partial charge in [-0.15, -0.1) is 11.3 Å².